The molecule has 1 heterocycles. The Kier molecular flexibility index (Phi) is 4.23. The fourth-order valence-electron chi connectivity index (χ4n) is 1.94. The first-order valence-electron chi connectivity index (χ1n) is 7.04. The van der Waals surface area contributed by atoms with Crippen molar-refractivity contribution in [1.82, 2.24) is 20.3 Å². The van der Waals surface area contributed by atoms with Crippen LogP contribution in [-0.2, 0) is 13.1 Å². The maximum atomic E-state index is 4.21. The minimum Gasteiger partial charge on any atom is -0.306 e. The maximum absolute atomic E-state index is 4.21. The van der Waals surface area contributed by atoms with Gasteiger partial charge in [0.1, 0.15) is 0 Å². The molecule has 1 aromatic carbocycles. The van der Waals surface area contributed by atoms with Gasteiger partial charge < -0.3 is 5.32 Å². The van der Waals surface area contributed by atoms with Gasteiger partial charge in [-0.1, -0.05) is 23.4 Å². The van der Waals surface area contributed by atoms with Gasteiger partial charge in [0.05, 0.1) is 18.4 Å². The molecular weight excluding hydrogens is 248 g/mol. The van der Waals surface area contributed by atoms with E-state index in [1.54, 1.807) is 0 Å². The molecule has 4 nitrogen and oxygen atoms in total. The van der Waals surface area contributed by atoms with E-state index in [1.165, 1.54) is 16.7 Å². The summed E-state index contributed by atoms with van der Waals surface area (Å²) < 4.78 is 1.89. The van der Waals surface area contributed by atoms with Crippen LogP contribution in [0.5, 0.6) is 0 Å². The van der Waals surface area contributed by atoms with E-state index in [0.29, 0.717) is 0 Å². The van der Waals surface area contributed by atoms with Crippen LogP contribution in [-0.4, -0.2) is 20.5 Å². The molecule has 0 aliphatic carbocycles. The molecule has 0 aliphatic rings. The monoisotopic (exact) mass is 272 g/mol. The Hall–Kier alpha value is -1.68. The topological polar surface area (TPSA) is 42.7 Å². The van der Waals surface area contributed by atoms with Gasteiger partial charge in [-0.2, -0.15) is 0 Å². The van der Waals surface area contributed by atoms with Crippen LogP contribution in [0.15, 0.2) is 24.4 Å². The Bertz CT molecular complexity index is 578. The molecule has 0 saturated carbocycles. The van der Waals surface area contributed by atoms with Gasteiger partial charge in [0.2, 0.25) is 0 Å². The molecular formula is C16H24N4. The van der Waals surface area contributed by atoms with Gasteiger partial charge in [0, 0.05) is 12.1 Å². The zero-order valence-electron chi connectivity index (χ0n) is 13.1. The number of nitrogens with one attached hydrogen (secondary N) is 1. The third kappa shape index (κ3) is 4.17. The molecule has 2 aromatic rings. The molecule has 20 heavy (non-hydrogen) atoms. The summed E-state index contributed by atoms with van der Waals surface area (Å²) in [4.78, 5) is 0. The first-order valence-corrected chi connectivity index (χ1v) is 7.04. The predicted octanol–water partition coefficient (Wildman–Crippen LogP) is 2.83. The fraction of sp³-hybridized carbons (Fsp3) is 0.500. The number of aryl methyl sites for hydroxylation is 2. The zero-order valence-corrected chi connectivity index (χ0v) is 13.1. The third-order valence-electron chi connectivity index (χ3n) is 3.30. The van der Waals surface area contributed by atoms with Crippen LogP contribution < -0.4 is 5.32 Å². The molecule has 0 unspecified atom stereocenters. The molecule has 0 spiro atoms. The van der Waals surface area contributed by atoms with E-state index >= 15 is 0 Å². The Balaban J connectivity index is 2.00. The van der Waals surface area contributed by atoms with Crippen LogP contribution in [0, 0.1) is 13.8 Å². The molecule has 0 fully saturated rings. The second kappa shape index (κ2) is 5.75. The summed E-state index contributed by atoms with van der Waals surface area (Å²) in [6.07, 6.45) is 2.01. The fourth-order valence-corrected chi connectivity index (χ4v) is 1.94. The Morgan fingerprint density at radius 1 is 1.15 bits per heavy atom. The normalized spacial score (nSPS) is 11.8. The lowest BCUT2D eigenvalue weighted by atomic mass is 10.1. The minimum atomic E-state index is 0.0951. The van der Waals surface area contributed by atoms with Crippen LogP contribution in [0.1, 0.15) is 43.2 Å². The van der Waals surface area contributed by atoms with Gasteiger partial charge in [-0.15, -0.1) is 5.10 Å². The Labute approximate surface area is 121 Å². The van der Waals surface area contributed by atoms with Crippen molar-refractivity contribution in [3.63, 3.8) is 0 Å². The largest absolute Gasteiger partial charge is 0.306 e. The SMILES string of the molecule is Cc1ccc(Cn2cc(CNC(C)(C)C)nn2)cc1C. The van der Waals surface area contributed by atoms with Gasteiger partial charge >= 0.3 is 0 Å². The van der Waals surface area contributed by atoms with E-state index in [1.807, 2.05) is 10.9 Å². The highest BCUT2D eigenvalue weighted by Gasteiger charge is 2.10. The second-order valence-corrected chi connectivity index (χ2v) is 6.43. The quantitative estimate of drug-likeness (QED) is 0.930. The van der Waals surface area contributed by atoms with Gasteiger partial charge in [-0.3, -0.25) is 0 Å². The smallest absolute Gasteiger partial charge is 0.0965 e. The summed E-state index contributed by atoms with van der Waals surface area (Å²) >= 11 is 0. The average Bonchev–Trinajstić information content (AvgIpc) is 2.78. The van der Waals surface area contributed by atoms with Crippen molar-refractivity contribution >= 4 is 0 Å². The van der Waals surface area contributed by atoms with Crippen molar-refractivity contribution in [2.24, 2.45) is 0 Å². The summed E-state index contributed by atoms with van der Waals surface area (Å²) in [5.41, 5.74) is 4.97. The minimum absolute atomic E-state index is 0.0951. The average molecular weight is 272 g/mol. The molecule has 0 amide bonds. The zero-order chi connectivity index (χ0) is 14.8. The number of hydrogen-bond acceptors (Lipinski definition) is 3. The molecule has 0 saturated heterocycles. The number of hydrogen-bond donors (Lipinski definition) is 1. The van der Waals surface area contributed by atoms with Crippen molar-refractivity contribution in [1.29, 1.82) is 0 Å². The van der Waals surface area contributed by atoms with Crippen molar-refractivity contribution < 1.29 is 0 Å². The molecule has 1 aromatic heterocycles. The first kappa shape index (κ1) is 14.7. The van der Waals surface area contributed by atoms with Crippen LogP contribution in [0.25, 0.3) is 0 Å². The number of benzene rings is 1. The molecule has 2 rings (SSSR count). The summed E-state index contributed by atoms with van der Waals surface area (Å²) in [6.45, 7) is 12.2. The molecule has 4 heteroatoms. The lowest BCUT2D eigenvalue weighted by molar-refractivity contribution is 0.421. The van der Waals surface area contributed by atoms with Crippen LogP contribution in [0.3, 0.4) is 0 Å². The highest BCUT2D eigenvalue weighted by Crippen LogP contribution is 2.11. The van der Waals surface area contributed by atoms with E-state index < -0.39 is 0 Å². The van der Waals surface area contributed by atoms with Crippen molar-refractivity contribution in [3.8, 4) is 0 Å². The van der Waals surface area contributed by atoms with Gasteiger partial charge in [0.15, 0.2) is 0 Å². The summed E-state index contributed by atoms with van der Waals surface area (Å²) in [5, 5.41) is 11.8. The number of nitrogens with zero attached hydrogens (tertiary/aromatic N) is 3. The summed E-state index contributed by atoms with van der Waals surface area (Å²) in [6, 6.07) is 6.52. The third-order valence-corrected chi connectivity index (χ3v) is 3.30. The first-order chi connectivity index (χ1) is 9.33. The highest BCUT2D eigenvalue weighted by molar-refractivity contribution is 5.29. The number of aromatic nitrogens is 3. The molecule has 0 atom stereocenters. The van der Waals surface area contributed by atoms with E-state index in [4.69, 9.17) is 0 Å². The maximum Gasteiger partial charge on any atom is 0.0965 e. The van der Waals surface area contributed by atoms with Crippen LogP contribution in [0.2, 0.25) is 0 Å². The lowest BCUT2D eigenvalue weighted by Gasteiger charge is -2.19. The molecule has 1 N–H and O–H groups in total. The number of rotatable bonds is 4. The molecule has 0 radical (unpaired) electrons. The summed E-state index contributed by atoms with van der Waals surface area (Å²) in [5.74, 6) is 0. The van der Waals surface area contributed by atoms with Crippen molar-refractivity contribution in [2.45, 2.75) is 53.2 Å². The van der Waals surface area contributed by atoms with Gasteiger partial charge in [0.25, 0.3) is 0 Å². The molecule has 108 valence electrons. The standard InChI is InChI=1S/C16H24N4/c1-12-6-7-14(8-13(12)2)10-20-11-15(18-19-20)9-17-16(3,4)5/h6-8,11,17H,9-10H2,1-5H3. The Morgan fingerprint density at radius 3 is 2.55 bits per heavy atom. The van der Waals surface area contributed by atoms with Crippen LogP contribution in [0.4, 0.5) is 0 Å². The predicted molar refractivity (Wildman–Crippen MR) is 81.6 cm³/mol. The van der Waals surface area contributed by atoms with E-state index in [2.05, 4.69) is 68.4 Å². The summed E-state index contributed by atoms with van der Waals surface area (Å²) in [7, 11) is 0. The van der Waals surface area contributed by atoms with E-state index in [0.717, 1.165) is 18.8 Å². The van der Waals surface area contributed by atoms with Gasteiger partial charge in [-0.25, -0.2) is 4.68 Å². The van der Waals surface area contributed by atoms with E-state index in [9.17, 15) is 0 Å². The van der Waals surface area contributed by atoms with Gasteiger partial charge in [-0.05, 0) is 51.3 Å². The molecule has 0 bridgehead atoms. The lowest BCUT2D eigenvalue weighted by Crippen LogP contribution is -2.35. The van der Waals surface area contributed by atoms with E-state index in [-0.39, 0.29) is 5.54 Å². The van der Waals surface area contributed by atoms with Crippen LogP contribution >= 0.6 is 0 Å². The highest BCUT2D eigenvalue weighted by atomic mass is 15.4. The molecule has 0 aliphatic heterocycles. The second-order valence-electron chi connectivity index (χ2n) is 6.43. The van der Waals surface area contributed by atoms with Crippen molar-refractivity contribution in [2.75, 3.05) is 0 Å². The van der Waals surface area contributed by atoms with Crippen molar-refractivity contribution in [3.05, 3.63) is 46.8 Å². The Morgan fingerprint density at radius 2 is 1.90 bits per heavy atom.